The average molecular weight is 369 g/mol. The summed E-state index contributed by atoms with van der Waals surface area (Å²) in [4.78, 5) is 11.4. The molecule has 0 spiro atoms. The number of rotatable bonds is 7. The molecule has 1 aromatic carbocycles. The molecule has 1 atom stereocenters. The first-order valence-electron chi connectivity index (χ1n) is 6.95. The largest absolute Gasteiger partial charge is 0.352 e. The highest BCUT2D eigenvalue weighted by atomic mass is 35.5. The molecule has 5 nitrogen and oxygen atoms in total. The predicted octanol–water partition coefficient (Wildman–Crippen LogP) is 1.50. The Labute approximate surface area is 140 Å². The highest BCUT2D eigenvalue weighted by Crippen LogP contribution is 2.32. The normalized spacial score (nSPS) is 15.8. The SMILES string of the molecule is Cl.NCC(NC(=O)Cc1ccc(S(=O)(=O)C(F)F)cc1)C1CC1. The molecule has 0 bridgehead atoms. The first kappa shape index (κ1) is 19.8. The van der Waals surface area contributed by atoms with Gasteiger partial charge >= 0.3 is 5.76 Å². The standard InChI is InChI=1S/C14H18F2N2O3S.ClH/c15-14(16)22(20,21)11-5-1-9(2-6-11)7-13(19)18-12(8-17)10-3-4-10;/h1-2,5-6,10,12,14H,3-4,7-8,17H2,(H,18,19);1H. The van der Waals surface area contributed by atoms with Crippen LogP contribution in [0.1, 0.15) is 18.4 Å². The summed E-state index contributed by atoms with van der Waals surface area (Å²) in [5.74, 6) is -3.23. The molecule has 1 aliphatic rings. The lowest BCUT2D eigenvalue weighted by Gasteiger charge is -2.16. The Morgan fingerprint density at radius 2 is 1.83 bits per heavy atom. The fourth-order valence-corrected chi connectivity index (χ4v) is 2.93. The lowest BCUT2D eigenvalue weighted by atomic mass is 10.1. The van der Waals surface area contributed by atoms with E-state index in [-0.39, 0.29) is 30.8 Å². The number of nitrogens with two attached hydrogens (primary N) is 1. The summed E-state index contributed by atoms with van der Waals surface area (Å²) >= 11 is 0. The molecule has 3 N–H and O–H groups in total. The van der Waals surface area contributed by atoms with Gasteiger partial charge in [0.15, 0.2) is 0 Å². The third-order valence-corrected chi connectivity index (χ3v) is 5.04. The van der Waals surface area contributed by atoms with E-state index >= 15 is 0 Å². The van der Waals surface area contributed by atoms with Crippen LogP contribution >= 0.6 is 12.4 Å². The predicted molar refractivity (Wildman–Crippen MR) is 84.3 cm³/mol. The third kappa shape index (κ3) is 5.12. The molecule has 1 aliphatic carbocycles. The van der Waals surface area contributed by atoms with Crippen molar-refractivity contribution < 1.29 is 22.0 Å². The zero-order chi connectivity index (χ0) is 16.3. The maximum absolute atomic E-state index is 12.4. The lowest BCUT2D eigenvalue weighted by Crippen LogP contribution is -2.42. The minimum Gasteiger partial charge on any atom is -0.352 e. The van der Waals surface area contributed by atoms with Gasteiger partial charge in [-0.25, -0.2) is 8.42 Å². The number of hydrogen-bond donors (Lipinski definition) is 2. The molecule has 130 valence electrons. The summed E-state index contributed by atoms with van der Waals surface area (Å²) in [6.45, 7) is 0.377. The van der Waals surface area contributed by atoms with Gasteiger partial charge in [-0.3, -0.25) is 4.79 Å². The van der Waals surface area contributed by atoms with Gasteiger partial charge in [-0.05, 0) is 36.5 Å². The maximum Gasteiger partial charge on any atom is 0.341 e. The second-order valence-corrected chi connectivity index (χ2v) is 7.29. The molecule has 1 fully saturated rings. The number of carbonyl (C=O) groups is 1. The molecule has 0 aliphatic heterocycles. The van der Waals surface area contributed by atoms with Crippen molar-refractivity contribution in [3.8, 4) is 0 Å². The van der Waals surface area contributed by atoms with E-state index in [1.54, 1.807) is 0 Å². The van der Waals surface area contributed by atoms with Gasteiger partial charge in [-0.2, -0.15) is 8.78 Å². The van der Waals surface area contributed by atoms with E-state index in [1.165, 1.54) is 12.1 Å². The van der Waals surface area contributed by atoms with Crippen molar-refractivity contribution in [1.29, 1.82) is 0 Å². The molecule has 23 heavy (non-hydrogen) atoms. The van der Waals surface area contributed by atoms with Gasteiger partial charge in [0, 0.05) is 12.6 Å². The summed E-state index contributed by atoms with van der Waals surface area (Å²) in [7, 11) is -4.60. The van der Waals surface area contributed by atoms with Crippen LogP contribution in [-0.4, -0.2) is 32.7 Å². The summed E-state index contributed by atoms with van der Waals surface area (Å²) in [5, 5.41) is 2.84. The van der Waals surface area contributed by atoms with Gasteiger partial charge in [0.05, 0.1) is 11.3 Å². The van der Waals surface area contributed by atoms with E-state index in [0.29, 0.717) is 18.0 Å². The zero-order valence-corrected chi connectivity index (χ0v) is 13.9. The smallest absolute Gasteiger partial charge is 0.341 e. The van der Waals surface area contributed by atoms with Gasteiger partial charge in [-0.1, -0.05) is 12.1 Å². The Bertz CT molecular complexity index is 634. The van der Waals surface area contributed by atoms with Crippen molar-refractivity contribution in [3.63, 3.8) is 0 Å². The van der Waals surface area contributed by atoms with E-state index < -0.39 is 20.5 Å². The summed E-state index contributed by atoms with van der Waals surface area (Å²) in [6.07, 6.45) is 2.17. The number of benzene rings is 1. The van der Waals surface area contributed by atoms with Crippen molar-refractivity contribution >= 4 is 28.2 Å². The molecule has 1 amide bonds. The van der Waals surface area contributed by atoms with Crippen molar-refractivity contribution in [2.24, 2.45) is 11.7 Å². The van der Waals surface area contributed by atoms with E-state index in [4.69, 9.17) is 5.73 Å². The topological polar surface area (TPSA) is 89.3 Å². The Morgan fingerprint density at radius 1 is 1.26 bits per heavy atom. The highest BCUT2D eigenvalue weighted by molar-refractivity contribution is 7.91. The van der Waals surface area contributed by atoms with Crippen LogP contribution in [0.5, 0.6) is 0 Å². The molecule has 0 radical (unpaired) electrons. The Balaban J connectivity index is 0.00000264. The van der Waals surface area contributed by atoms with Crippen molar-refractivity contribution in [2.75, 3.05) is 6.54 Å². The number of sulfone groups is 1. The first-order chi connectivity index (χ1) is 10.3. The van der Waals surface area contributed by atoms with Crippen LogP contribution in [-0.2, 0) is 21.1 Å². The van der Waals surface area contributed by atoms with E-state index in [2.05, 4.69) is 5.32 Å². The second kappa shape index (κ2) is 8.03. The van der Waals surface area contributed by atoms with Gasteiger partial charge in [0.2, 0.25) is 15.7 Å². The number of halogens is 3. The molecule has 0 heterocycles. The van der Waals surface area contributed by atoms with Crippen LogP contribution < -0.4 is 11.1 Å². The van der Waals surface area contributed by atoms with Crippen LogP contribution in [0.3, 0.4) is 0 Å². The molecule has 2 rings (SSSR count). The van der Waals surface area contributed by atoms with Crippen molar-refractivity contribution in [3.05, 3.63) is 29.8 Å². The minimum absolute atomic E-state index is 0. The molecular weight excluding hydrogens is 350 g/mol. The third-order valence-electron chi connectivity index (χ3n) is 3.64. The van der Waals surface area contributed by atoms with Crippen LogP contribution in [0.4, 0.5) is 8.78 Å². The minimum atomic E-state index is -4.60. The monoisotopic (exact) mass is 368 g/mol. The zero-order valence-electron chi connectivity index (χ0n) is 12.2. The number of amides is 1. The van der Waals surface area contributed by atoms with Gasteiger partial charge in [0.25, 0.3) is 0 Å². The van der Waals surface area contributed by atoms with Crippen LogP contribution in [0, 0.1) is 5.92 Å². The quantitative estimate of drug-likeness (QED) is 0.763. The Hall–Kier alpha value is -1.25. The Morgan fingerprint density at radius 3 is 2.26 bits per heavy atom. The van der Waals surface area contributed by atoms with E-state index in [1.807, 2.05) is 0 Å². The highest BCUT2D eigenvalue weighted by Gasteiger charge is 2.31. The Kier molecular flexibility index (Phi) is 6.91. The molecule has 0 aromatic heterocycles. The number of alkyl halides is 2. The molecule has 1 saturated carbocycles. The second-order valence-electron chi connectivity index (χ2n) is 5.37. The fraction of sp³-hybridized carbons (Fsp3) is 0.500. The van der Waals surface area contributed by atoms with Crippen molar-refractivity contribution in [1.82, 2.24) is 5.32 Å². The summed E-state index contributed by atoms with van der Waals surface area (Å²) < 4.78 is 47.4. The van der Waals surface area contributed by atoms with E-state index in [9.17, 15) is 22.0 Å². The molecule has 1 unspecified atom stereocenters. The molecule has 1 aromatic rings. The number of hydrogen-bond acceptors (Lipinski definition) is 4. The maximum atomic E-state index is 12.4. The van der Waals surface area contributed by atoms with E-state index in [0.717, 1.165) is 25.0 Å². The molecular formula is C14H19ClF2N2O3S. The fourth-order valence-electron chi connectivity index (χ4n) is 2.21. The van der Waals surface area contributed by atoms with Gasteiger partial charge in [0.1, 0.15) is 0 Å². The summed E-state index contributed by atoms with van der Waals surface area (Å²) in [5.41, 5.74) is 6.15. The van der Waals surface area contributed by atoms with Crippen LogP contribution in [0.25, 0.3) is 0 Å². The number of nitrogens with one attached hydrogen (secondary N) is 1. The van der Waals surface area contributed by atoms with Gasteiger partial charge in [-0.15, -0.1) is 12.4 Å². The average Bonchev–Trinajstić information content (AvgIpc) is 3.29. The number of carbonyl (C=O) groups excluding carboxylic acids is 1. The van der Waals surface area contributed by atoms with Crippen LogP contribution in [0.2, 0.25) is 0 Å². The molecule has 0 saturated heterocycles. The van der Waals surface area contributed by atoms with Gasteiger partial charge < -0.3 is 11.1 Å². The molecule has 9 heteroatoms. The first-order valence-corrected chi connectivity index (χ1v) is 8.49. The van der Waals surface area contributed by atoms with Crippen LogP contribution in [0.15, 0.2) is 29.2 Å². The van der Waals surface area contributed by atoms with Crippen molar-refractivity contribution in [2.45, 2.75) is 36.0 Å². The lowest BCUT2D eigenvalue weighted by molar-refractivity contribution is -0.121. The summed E-state index contributed by atoms with van der Waals surface area (Å²) in [6, 6.07) is 4.87.